The lowest BCUT2D eigenvalue weighted by Gasteiger charge is -2.56. The molecule has 6 atom stereocenters. The molecule has 0 N–H and O–H groups in total. The molecular weight excluding hydrogens is 424 g/mol. The number of hydrogen-bond donors (Lipinski definition) is 0. The van der Waals surface area contributed by atoms with Crippen LogP contribution in [-0.4, -0.2) is 42.5 Å². The number of rotatable bonds is 9. The molecule has 0 saturated heterocycles. The first kappa shape index (κ1) is 27.3. The minimum atomic E-state index is -0.808. The van der Waals surface area contributed by atoms with Crippen molar-refractivity contribution < 1.29 is 33.4 Å². The van der Waals surface area contributed by atoms with E-state index in [0.29, 0.717) is 32.3 Å². The van der Waals surface area contributed by atoms with Gasteiger partial charge in [-0.15, -0.1) is 0 Å². The Hall–Kier alpha value is -1.92. The molecule has 0 aromatic carbocycles. The van der Waals surface area contributed by atoms with Gasteiger partial charge in [-0.2, -0.15) is 0 Å². The maximum Gasteiger partial charge on any atom is 0.302 e. The van der Waals surface area contributed by atoms with Gasteiger partial charge in [0.15, 0.2) is 0 Å². The van der Waals surface area contributed by atoms with Gasteiger partial charge in [0.1, 0.15) is 18.0 Å². The van der Waals surface area contributed by atoms with Crippen LogP contribution in [0.4, 0.5) is 0 Å². The zero-order valence-corrected chi connectivity index (χ0v) is 21.6. The molecule has 7 heteroatoms. The van der Waals surface area contributed by atoms with Gasteiger partial charge >= 0.3 is 17.9 Å². The van der Waals surface area contributed by atoms with Gasteiger partial charge in [0.25, 0.3) is 0 Å². The van der Waals surface area contributed by atoms with Crippen LogP contribution >= 0.6 is 0 Å². The Kier molecular flexibility index (Phi) is 8.40. The number of fused-ring (bicyclic) bond motifs is 1. The highest BCUT2D eigenvalue weighted by molar-refractivity contribution is 5.85. The number of Topliss-reactive ketones (excluding diaryl/α,β-unsaturated/α-hetero) is 1. The van der Waals surface area contributed by atoms with E-state index in [2.05, 4.69) is 27.7 Å². The predicted octanol–water partition coefficient (Wildman–Crippen LogP) is 4.64. The Morgan fingerprint density at radius 3 is 1.97 bits per heavy atom. The zero-order valence-electron chi connectivity index (χ0n) is 21.6. The molecule has 0 aromatic heterocycles. The average Bonchev–Trinajstić information content (AvgIpc) is 2.92. The first-order valence-corrected chi connectivity index (χ1v) is 12.2. The number of ether oxygens (including phenoxy) is 3. The van der Waals surface area contributed by atoms with E-state index in [4.69, 9.17) is 14.2 Å². The molecule has 188 valence electrons. The molecule has 2 rings (SSSR count). The van der Waals surface area contributed by atoms with E-state index in [1.165, 1.54) is 20.8 Å². The summed E-state index contributed by atoms with van der Waals surface area (Å²) in [4.78, 5) is 48.4. The summed E-state index contributed by atoms with van der Waals surface area (Å²) in [5, 5.41) is 0. The van der Waals surface area contributed by atoms with Crippen LogP contribution in [0.1, 0.15) is 93.9 Å². The number of carbonyl (C=O) groups is 4. The number of hydrogen-bond acceptors (Lipinski definition) is 7. The molecule has 0 spiro atoms. The van der Waals surface area contributed by atoms with Gasteiger partial charge in [-0.1, -0.05) is 27.7 Å². The van der Waals surface area contributed by atoms with E-state index in [1.54, 1.807) is 6.92 Å². The van der Waals surface area contributed by atoms with Crippen LogP contribution in [-0.2, 0) is 33.4 Å². The molecule has 2 fully saturated rings. The Morgan fingerprint density at radius 1 is 0.879 bits per heavy atom. The highest BCUT2D eigenvalue weighted by Crippen LogP contribution is 2.69. The highest BCUT2D eigenvalue weighted by atomic mass is 16.6. The van der Waals surface area contributed by atoms with E-state index in [9.17, 15) is 19.2 Å². The molecule has 2 aliphatic carbocycles. The molecule has 7 nitrogen and oxygen atoms in total. The molecule has 0 aliphatic heterocycles. The highest BCUT2D eigenvalue weighted by Gasteiger charge is 2.70. The maximum absolute atomic E-state index is 13.5. The van der Waals surface area contributed by atoms with Crippen molar-refractivity contribution in [2.75, 3.05) is 6.61 Å². The quantitative estimate of drug-likeness (QED) is 0.361. The minimum absolute atomic E-state index is 0.0488. The molecule has 2 aliphatic rings. The Bertz CT molecular complexity index is 773. The van der Waals surface area contributed by atoms with Crippen molar-refractivity contribution in [2.24, 2.45) is 28.1 Å². The predicted molar refractivity (Wildman–Crippen MR) is 123 cm³/mol. The molecule has 0 heterocycles. The summed E-state index contributed by atoms with van der Waals surface area (Å²) < 4.78 is 16.6. The number of carbonyl (C=O) groups excluding carboxylic acids is 4. The lowest BCUT2D eigenvalue weighted by atomic mass is 9.49. The lowest BCUT2D eigenvalue weighted by Crippen LogP contribution is -2.56. The molecular formula is C26H42O7. The van der Waals surface area contributed by atoms with Crippen LogP contribution in [0, 0.1) is 28.1 Å². The molecule has 2 saturated carbocycles. The first-order chi connectivity index (χ1) is 15.2. The summed E-state index contributed by atoms with van der Waals surface area (Å²) in [6.07, 6.45) is 3.28. The molecule has 0 unspecified atom stereocenters. The lowest BCUT2D eigenvalue weighted by molar-refractivity contribution is -0.178. The van der Waals surface area contributed by atoms with Gasteiger partial charge < -0.3 is 14.2 Å². The van der Waals surface area contributed by atoms with Gasteiger partial charge in [0.2, 0.25) is 0 Å². The minimum Gasteiger partial charge on any atom is -0.466 e. The average molecular weight is 467 g/mol. The SMILES string of the molecule is CC(=O)OCC[C@@H](C)CC[C@@]1(C(C)=O)[C@@H](OC(C)=O)C[C@H]2C(C)(C)[C@@H](OC(C)=O)CC[C@@]21C. The van der Waals surface area contributed by atoms with E-state index in [0.717, 1.165) is 12.8 Å². The van der Waals surface area contributed by atoms with Gasteiger partial charge in [-0.25, -0.2) is 0 Å². The molecule has 0 aromatic rings. The maximum atomic E-state index is 13.5. The standard InChI is InChI=1S/C26H42O7/c1-16(11-14-31-18(3)28)9-13-26(17(2)27)23(33-20(5)30)15-21-24(6,7)22(32-19(4)29)10-12-25(21,26)8/h16,21-23H,9-15H2,1-8H3/t16-,21-,22-,23-,25-,26+/m0/s1. The number of esters is 3. The van der Waals surface area contributed by atoms with Crippen molar-refractivity contribution >= 4 is 23.7 Å². The Morgan fingerprint density at radius 2 is 1.45 bits per heavy atom. The summed E-state index contributed by atoms with van der Waals surface area (Å²) in [5.74, 6) is -0.641. The van der Waals surface area contributed by atoms with E-state index < -0.39 is 16.9 Å². The Labute approximate surface area is 198 Å². The fraction of sp³-hybridized carbons (Fsp3) is 0.846. The van der Waals surface area contributed by atoms with Crippen molar-refractivity contribution in [3.05, 3.63) is 0 Å². The second-order valence-electron chi connectivity index (χ2n) is 11.1. The third-order valence-electron chi connectivity index (χ3n) is 8.63. The van der Waals surface area contributed by atoms with Crippen molar-refractivity contribution in [3.8, 4) is 0 Å². The van der Waals surface area contributed by atoms with Crippen LogP contribution < -0.4 is 0 Å². The van der Waals surface area contributed by atoms with Gasteiger partial charge in [0, 0.05) is 26.2 Å². The van der Waals surface area contributed by atoms with Crippen molar-refractivity contribution in [1.82, 2.24) is 0 Å². The van der Waals surface area contributed by atoms with E-state index in [-0.39, 0.29) is 47.0 Å². The van der Waals surface area contributed by atoms with Gasteiger partial charge in [-0.3, -0.25) is 19.2 Å². The molecule has 0 amide bonds. The van der Waals surface area contributed by atoms with Gasteiger partial charge in [-0.05, 0) is 62.7 Å². The third kappa shape index (κ3) is 5.27. The second-order valence-corrected chi connectivity index (χ2v) is 11.1. The first-order valence-electron chi connectivity index (χ1n) is 12.2. The summed E-state index contributed by atoms with van der Waals surface area (Å²) >= 11 is 0. The zero-order chi connectivity index (χ0) is 25.2. The number of ketones is 1. The topological polar surface area (TPSA) is 96.0 Å². The fourth-order valence-electron chi connectivity index (χ4n) is 6.94. The molecule has 33 heavy (non-hydrogen) atoms. The third-order valence-corrected chi connectivity index (χ3v) is 8.63. The van der Waals surface area contributed by atoms with Crippen LogP contribution in [0.3, 0.4) is 0 Å². The second kappa shape index (κ2) is 10.1. The molecule has 0 radical (unpaired) electrons. The van der Waals surface area contributed by atoms with Crippen LogP contribution in [0.15, 0.2) is 0 Å². The van der Waals surface area contributed by atoms with Crippen molar-refractivity contribution in [3.63, 3.8) is 0 Å². The Balaban J connectivity index is 2.39. The van der Waals surface area contributed by atoms with Gasteiger partial charge in [0.05, 0.1) is 12.0 Å². The summed E-state index contributed by atoms with van der Waals surface area (Å²) in [7, 11) is 0. The van der Waals surface area contributed by atoms with Crippen LogP contribution in [0.5, 0.6) is 0 Å². The largest absolute Gasteiger partial charge is 0.466 e. The smallest absolute Gasteiger partial charge is 0.302 e. The van der Waals surface area contributed by atoms with Crippen LogP contribution in [0.2, 0.25) is 0 Å². The van der Waals surface area contributed by atoms with E-state index >= 15 is 0 Å². The van der Waals surface area contributed by atoms with Crippen molar-refractivity contribution in [2.45, 2.75) is 106 Å². The fourth-order valence-corrected chi connectivity index (χ4v) is 6.94. The van der Waals surface area contributed by atoms with Crippen molar-refractivity contribution in [1.29, 1.82) is 0 Å². The van der Waals surface area contributed by atoms with E-state index in [1.807, 2.05) is 0 Å². The van der Waals surface area contributed by atoms with Crippen LogP contribution in [0.25, 0.3) is 0 Å². The normalized spacial score (nSPS) is 33.5. The summed E-state index contributed by atoms with van der Waals surface area (Å²) in [6, 6.07) is 0. The summed E-state index contributed by atoms with van der Waals surface area (Å²) in [6.45, 7) is 14.7. The monoisotopic (exact) mass is 466 g/mol. The summed E-state index contributed by atoms with van der Waals surface area (Å²) in [5.41, 5.74) is -1.57. The molecule has 0 bridgehead atoms.